The van der Waals surface area contributed by atoms with Crippen LogP contribution in [-0.2, 0) is 23.0 Å². The molecule has 12 nitrogen and oxygen atoms in total. The summed E-state index contributed by atoms with van der Waals surface area (Å²) >= 11 is 0. The molecule has 0 aromatic rings. The van der Waals surface area contributed by atoms with Gasteiger partial charge in [-0.1, -0.05) is 0 Å². The highest BCUT2D eigenvalue weighted by Crippen LogP contribution is 2.53. The molecule has 0 spiro atoms. The van der Waals surface area contributed by atoms with Crippen LogP contribution in [0.3, 0.4) is 0 Å². The number of carbonyl (C=O) groups is 2. The van der Waals surface area contributed by atoms with E-state index in [9.17, 15) is 18.7 Å². The Morgan fingerprint density at radius 3 is 1.58 bits per heavy atom. The van der Waals surface area contributed by atoms with Crippen LogP contribution in [-0.4, -0.2) is 47.8 Å². The van der Waals surface area contributed by atoms with Gasteiger partial charge in [0.05, 0.1) is 0 Å². The monoisotopic (exact) mass is 325 g/mol. The summed E-state index contributed by atoms with van der Waals surface area (Å²) in [5.74, 6) is -2.20. The molecule has 19 heavy (non-hydrogen) atoms. The maximum Gasteiger partial charge on any atom is 0.478 e. The van der Waals surface area contributed by atoms with Crippen LogP contribution < -0.4 is 5.73 Å². The topological polar surface area (TPSA) is 225 Å². The number of hydrogen-bond acceptors (Lipinski definition) is 6. The van der Waals surface area contributed by atoms with Crippen molar-refractivity contribution in [3.8, 4) is 0 Å². The van der Waals surface area contributed by atoms with Crippen molar-refractivity contribution in [1.82, 2.24) is 0 Å². The lowest BCUT2D eigenvalue weighted by Crippen LogP contribution is -2.30. The standard InChI is InChI=1S/C5H9NO4.H4O7P2/c6-3(5(9)10)1-2-4(7)8;1-8(2,3)7-9(4,5)6/h3H,1-2,6H2,(H,7,8)(H,9,10);(H2,1,2,3)(H2,4,5,6). The number of carboxylic acids is 2. The normalized spacial score (nSPS) is 13.1. The average molecular weight is 325 g/mol. The molecule has 0 radical (unpaired) electrons. The van der Waals surface area contributed by atoms with E-state index >= 15 is 0 Å². The molecule has 0 aliphatic rings. The number of aliphatic carboxylic acids is 2. The Bertz CT molecular complexity index is 376. The summed E-state index contributed by atoms with van der Waals surface area (Å²) in [6.07, 6.45) is -0.224. The molecule has 0 saturated heterocycles. The van der Waals surface area contributed by atoms with Crippen LogP contribution in [0.4, 0.5) is 0 Å². The number of phosphoric acid groups is 2. The summed E-state index contributed by atoms with van der Waals surface area (Å²) in [6, 6.07) is -1.06. The number of rotatable bonds is 6. The lowest BCUT2D eigenvalue weighted by molar-refractivity contribution is -0.139. The summed E-state index contributed by atoms with van der Waals surface area (Å²) in [7, 11) is -10.1. The Kier molecular flexibility index (Phi) is 9.00. The second kappa shape index (κ2) is 8.35. The Morgan fingerprint density at radius 2 is 1.42 bits per heavy atom. The van der Waals surface area contributed by atoms with Gasteiger partial charge in [0.1, 0.15) is 6.04 Å². The molecule has 0 fully saturated rings. The average Bonchev–Trinajstić information content (AvgIpc) is 2.08. The maximum absolute atomic E-state index is 9.99. The molecule has 0 heterocycles. The summed E-state index contributed by atoms with van der Waals surface area (Å²) in [5.41, 5.74) is 5.00. The molecule has 1 unspecified atom stereocenters. The molecular weight excluding hydrogens is 312 g/mol. The molecule has 0 rings (SSSR count). The van der Waals surface area contributed by atoms with E-state index in [2.05, 4.69) is 4.31 Å². The highest BCUT2D eigenvalue weighted by molar-refractivity contribution is 7.60. The van der Waals surface area contributed by atoms with Crippen LogP contribution in [0.1, 0.15) is 12.8 Å². The molecule has 1 atom stereocenters. The van der Waals surface area contributed by atoms with Crippen LogP contribution in [0.2, 0.25) is 0 Å². The molecule has 8 N–H and O–H groups in total. The minimum Gasteiger partial charge on any atom is -0.481 e. The fourth-order valence-corrected chi connectivity index (χ4v) is 1.65. The molecule has 0 aliphatic heterocycles. The zero-order valence-electron chi connectivity index (χ0n) is 9.19. The summed E-state index contributed by atoms with van der Waals surface area (Å²) in [5, 5.41) is 16.3. The van der Waals surface area contributed by atoms with E-state index in [1.54, 1.807) is 0 Å². The van der Waals surface area contributed by atoms with E-state index in [-0.39, 0.29) is 12.8 Å². The first-order chi connectivity index (χ1) is 8.24. The minimum atomic E-state index is -5.05. The van der Waals surface area contributed by atoms with Crippen molar-refractivity contribution in [1.29, 1.82) is 0 Å². The smallest absolute Gasteiger partial charge is 0.478 e. The van der Waals surface area contributed by atoms with Crippen LogP contribution in [0, 0.1) is 0 Å². The first-order valence-corrected chi connectivity index (χ1v) is 7.33. The van der Waals surface area contributed by atoms with Gasteiger partial charge in [-0.05, 0) is 6.42 Å². The molecule has 0 bridgehead atoms. The van der Waals surface area contributed by atoms with Crippen molar-refractivity contribution in [3.05, 3.63) is 0 Å². The van der Waals surface area contributed by atoms with Gasteiger partial charge in [-0.2, -0.15) is 4.31 Å². The fraction of sp³-hybridized carbons (Fsp3) is 0.600. The van der Waals surface area contributed by atoms with Crippen molar-refractivity contribution in [2.24, 2.45) is 5.73 Å². The molecule has 114 valence electrons. The number of hydrogen-bond donors (Lipinski definition) is 7. The second-order valence-corrected chi connectivity index (χ2v) is 5.56. The lowest BCUT2D eigenvalue weighted by atomic mass is 10.2. The van der Waals surface area contributed by atoms with E-state index in [1.165, 1.54) is 0 Å². The van der Waals surface area contributed by atoms with Crippen LogP contribution in [0.25, 0.3) is 0 Å². The number of nitrogens with two attached hydrogens (primary N) is 1. The third-order valence-electron chi connectivity index (χ3n) is 1.20. The van der Waals surface area contributed by atoms with E-state index in [0.29, 0.717) is 0 Å². The van der Waals surface area contributed by atoms with E-state index in [4.69, 9.17) is 35.5 Å². The molecule has 14 heteroatoms. The van der Waals surface area contributed by atoms with Crippen LogP contribution >= 0.6 is 15.6 Å². The lowest BCUT2D eigenvalue weighted by Gasteiger charge is -2.03. The molecule has 0 aromatic heterocycles. The van der Waals surface area contributed by atoms with Crippen LogP contribution in [0.5, 0.6) is 0 Å². The first kappa shape index (κ1) is 20.5. The zero-order valence-corrected chi connectivity index (χ0v) is 11.0. The molecule has 0 amide bonds. The largest absolute Gasteiger partial charge is 0.481 e. The predicted octanol–water partition coefficient (Wildman–Crippen LogP) is -1.55. The van der Waals surface area contributed by atoms with Crippen molar-refractivity contribution in [3.63, 3.8) is 0 Å². The van der Waals surface area contributed by atoms with E-state index in [0.717, 1.165) is 0 Å². The van der Waals surface area contributed by atoms with Crippen molar-refractivity contribution < 1.29 is 52.8 Å². The highest BCUT2D eigenvalue weighted by Gasteiger charge is 2.27. The van der Waals surface area contributed by atoms with Crippen molar-refractivity contribution >= 4 is 27.6 Å². The summed E-state index contributed by atoms with van der Waals surface area (Å²) in [4.78, 5) is 50.9. The predicted molar refractivity (Wildman–Crippen MR) is 57.7 cm³/mol. The SMILES string of the molecule is NC(CCC(=O)O)C(=O)O.O=P(O)(O)OP(=O)(O)O. The summed E-state index contributed by atoms with van der Waals surface area (Å²) in [6.45, 7) is 0. The van der Waals surface area contributed by atoms with E-state index in [1.807, 2.05) is 0 Å². The Hall–Kier alpha value is -0.840. The third-order valence-corrected chi connectivity index (χ3v) is 2.90. The first-order valence-electron chi connectivity index (χ1n) is 4.27. The molecule has 0 saturated carbocycles. The van der Waals surface area contributed by atoms with Gasteiger partial charge in [-0.25, -0.2) is 9.13 Å². The van der Waals surface area contributed by atoms with Gasteiger partial charge >= 0.3 is 27.6 Å². The van der Waals surface area contributed by atoms with Gasteiger partial charge in [0.15, 0.2) is 0 Å². The Balaban J connectivity index is 0. The van der Waals surface area contributed by atoms with Gasteiger partial charge in [-0.15, -0.1) is 0 Å². The van der Waals surface area contributed by atoms with Crippen LogP contribution in [0.15, 0.2) is 0 Å². The third kappa shape index (κ3) is 19.7. The van der Waals surface area contributed by atoms with Crippen molar-refractivity contribution in [2.75, 3.05) is 0 Å². The summed E-state index contributed by atoms with van der Waals surface area (Å²) < 4.78 is 22.2. The molecule has 0 aromatic carbocycles. The van der Waals surface area contributed by atoms with Gasteiger partial charge in [0.25, 0.3) is 0 Å². The maximum atomic E-state index is 9.99. The second-order valence-electron chi connectivity index (χ2n) is 2.94. The highest BCUT2D eigenvalue weighted by atomic mass is 31.3. The quantitative estimate of drug-likeness (QED) is 0.275. The van der Waals surface area contributed by atoms with Gasteiger partial charge in [0, 0.05) is 6.42 Å². The zero-order chi connectivity index (χ0) is 15.9. The van der Waals surface area contributed by atoms with E-state index < -0.39 is 33.6 Å². The molecule has 0 aliphatic carbocycles. The van der Waals surface area contributed by atoms with Gasteiger partial charge in [-0.3, -0.25) is 9.59 Å². The Labute approximate surface area is 106 Å². The number of carboxylic acid groups (broad SMARTS) is 2. The fourth-order valence-electron chi connectivity index (χ4n) is 0.541. The minimum absolute atomic E-state index is 0.0231. The van der Waals surface area contributed by atoms with Gasteiger partial charge in [0.2, 0.25) is 0 Å². The molecular formula is C5H13NO11P2. The van der Waals surface area contributed by atoms with Crippen molar-refractivity contribution in [2.45, 2.75) is 18.9 Å². The Morgan fingerprint density at radius 1 is 1.05 bits per heavy atom. The van der Waals surface area contributed by atoms with Gasteiger partial charge < -0.3 is 35.5 Å².